The van der Waals surface area contributed by atoms with Crippen LogP contribution in [0.4, 0.5) is 0 Å². The highest BCUT2D eigenvalue weighted by atomic mass is 14.9. The first-order valence-electron chi connectivity index (χ1n) is 6.20. The molecule has 0 saturated carbocycles. The van der Waals surface area contributed by atoms with Crippen LogP contribution in [0, 0.1) is 5.92 Å². The van der Waals surface area contributed by atoms with Gasteiger partial charge in [0.2, 0.25) is 0 Å². The van der Waals surface area contributed by atoms with Crippen LogP contribution in [0.15, 0.2) is 24.5 Å². The first-order valence-corrected chi connectivity index (χ1v) is 6.20. The van der Waals surface area contributed by atoms with Crippen LogP contribution in [0.1, 0.15) is 31.4 Å². The molecule has 1 aromatic heterocycles. The molecule has 0 amide bonds. The van der Waals surface area contributed by atoms with Crippen molar-refractivity contribution >= 4 is 0 Å². The van der Waals surface area contributed by atoms with Gasteiger partial charge in [-0.25, -0.2) is 0 Å². The van der Waals surface area contributed by atoms with Crippen LogP contribution < -0.4 is 10.6 Å². The first kappa shape index (κ1) is 11.6. The van der Waals surface area contributed by atoms with Gasteiger partial charge in [0.25, 0.3) is 0 Å². The number of aromatic nitrogens is 1. The zero-order valence-corrected chi connectivity index (χ0v) is 9.95. The monoisotopic (exact) mass is 219 g/mol. The van der Waals surface area contributed by atoms with Crippen molar-refractivity contribution in [1.82, 2.24) is 15.6 Å². The summed E-state index contributed by atoms with van der Waals surface area (Å²) in [6, 6.07) is 4.58. The van der Waals surface area contributed by atoms with E-state index in [-0.39, 0.29) is 0 Å². The Morgan fingerprint density at radius 1 is 1.50 bits per heavy atom. The normalized spacial score (nSPS) is 22.9. The minimum Gasteiger partial charge on any atom is -0.316 e. The highest BCUT2D eigenvalue weighted by molar-refractivity contribution is 5.13. The zero-order chi connectivity index (χ0) is 11.2. The molecule has 0 spiro atoms. The molecule has 1 aromatic rings. The van der Waals surface area contributed by atoms with Crippen molar-refractivity contribution in [1.29, 1.82) is 0 Å². The van der Waals surface area contributed by atoms with Gasteiger partial charge in [-0.3, -0.25) is 4.98 Å². The molecule has 1 saturated heterocycles. The highest BCUT2D eigenvalue weighted by Gasteiger charge is 2.13. The van der Waals surface area contributed by atoms with Gasteiger partial charge >= 0.3 is 0 Å². The van der Waals surface area contributed by atoms with Crippen LogP contribution in [-0.4, -0.2) is 24.6 Å². The Labute approximate surface area is 97.7 Å². The maximum absolute atomic E-state index is 4.04. The van der Waals surface area contributed by atoms with Crippen molar-refractivity contribution in [3.8, 4) is 0 Å². The van der Waals surface area contributed by atoms with Crippen molar-refractivity contribution in [3.05, 3.63) is 30.1 Å². The summed E-state index contributed by atoms with van der Waals surface area (Å²) in [7, 11) is 0. The van der Waals surface area contributed by atoms with E-state index in [2.05, 4.69) is 34.7 Å². The maximum Gasteiger partial charge on any atom is 0.0293 e. The van der Waals surface area contributed by atoms with Crippen molar-refractivity contribution in [2.75, 3.05) is 19.6 Å². The fourth-order valence-corrected chi connectivity index (χ4v) is 2.21. The van der Waals surface area contributed by atoms with E-state index < -0.39 is 0 Å². The molecule has 2 atom stereocenters. The van der Waals surface area contributed by atoms with Gasteiger partial charge in [-0.05, 0) is 63.0 Å². The maximum atomic E-state index is 4.04. The Balaban J connectivity index is 1.77. The molecule has 0 aliphatic carbocycles. The summed E-state index contributed by atoms with van der Waals surface area (Å²) in [4.78, 5) is 4.04. The van der Waals surface area contributed by atoms with Gasteiger partial charge in [-0.1, -0.05) is 0 Å². The number of hydrogen-bond acceptors (Lipinski definition) is 3. The lowest BCUT2D eigenvalue weighted by molar-refractivity contribution is 0.348. The minimum atomic E-state index is 0.421. The van der Waals surface area contributed by atoms with Crippen LogP contribution in [0.25, 0.3) is 0 Å². The SMILES string of the molecule is C[C@H](NCC1CCCNC1)c1ccncc1. The molecule has 2 N–H and O–H groups in total. The summed E-state index contributed by atoms with van der Waals surface area (Å²) in [5.41, 5.74) is 1.32. The topological polar surface area (TPSA) is 37.0 Å². The summed E-state index contributed by atoms with van der Waals surface area (Å²) in [6.07, 6.45) is 6.38. The van der Waals surface area contributed by atoms with Gasteiger partial charge in [0.1, 0.15) is 0 Å². The van der Waals surface area contributed by atoms with Crippen LogP contribution >= 0.6 is 0 Å². The Bertz CT molecular complexity index is 293. The molecule has 1 unspecified atom stereocenters. The second-order valence-electron chi connectivity index (χ2n) is 4.62. The van der Waals surface area contributed by atoms with E-state index in [0.717, 1.165) is 19.0 Å². The summed E-state index contributed by atoms with van der Waals surface area (Å²) in [5.74, 6) is 0.790. The number of nitrogens with one attached hydrogen (secondary N) is 2. The van der Waals surface area contributed by atoms with Crippen LogP contribution in [0.5, 0.6) is 0 Å². The van der Waals surface area contributed by atoms with Gasteiger partial charge in [0.05, 0.1) is 0 Å². The third-order valence-corrected chi connectivity index (χ3v) is 3.32. The quantitative estimate of drug-likeness (QED) is 0.810. The van der Waals surface area contributed by atoms with Crippen molar-refractivity contribution < 1.29 is 0 Å². The third-order valence-electron chi connectivity index (χ3n) is 3.32. The largest absolute Gasteiger partial charge is 0.316 e. The van der Waals surface area contributed by atoms with E-state index >= 15 is 0 Å². The summed E-state index contributed by atoms with van der Waals surface area (Å²) >= 11 is 0. The summed E-state index contributed by atoms with van der Waals surface area (Å²) < 4.78 is 0. The smallest absolute Gasteiger partial charge is 0.0293 e. The van der Waals surface area contributed by atoms with Gasteiger partial charge in [0.15, 0.2) is 0 Å². The van der Waals surface area contributed by atoms with Crippen molar-refractivity contribution in [2.24, 2.45) is 5.92 Å². The Morgan fingerprint density at radius 3 is 3.00 bits per heavy atom. The molecule has 2 heterocycles. The van der Waals surface area contributed by atoms with E-state index in [1.807, 2.05) is 12.4 Å². The predicted octanol–water partition coefficient (Wildman–Crippen LogP) is 1.73. The Morgan fingerprint density at radius 2 is 2.31 bits per heavy atom. The number of rotatable bonds is 4. The van der Waals surface area contributed by atoms with E-state index in [9.17, 15) is 0 Å². The number of pyridine rings is 1. The van der Waals surface area contributed by atoms with Crippen molar-refractivity contribution in [3.63, 3.8) is 0 Å². The molecule has 2 rings (SSSR count). The van der Waals surface area contributed by atoms with Gasteiger partial charge in [-0.15, -0.1) is 0 Å². The van der Waals surface area contributed by atoms with Gasteiger partial charge in [-0.2, -0.15) is 0 Å². The minimum absolute atomic E-state index is 0.421. The van der Waals surface area contributed by atoms with E-state index in [1.165, 1.54) is 24.9 Å². The molecule has 0 radical (unpaired) electrons. The fourth-order valence-electron chi connectivity index (χ4n) is 2.21. The standard InChI is InChI=1S/C13H21N3/c1-11(13-4-7-14-8-5-13)16-10-12-3-2-6-15-9-12/h4-5,7-8,11-12,15-16H,2-3,6,9-10H2,1H3/t11-,12?/m0/s1. The molecule has 0 bridgehead atoms. The number of nitrogens with zero attached hydrogens (tertiary/aromatic N) is 1. The molecular formula is C13H21N3. The average molecular weight is 219 g/mol. The second-order valence-corrected chi connectivity index (χ2v) is 4.62. The van der Waals surface area contributed by atoms with Gasteiger partial charge < -0.3 is 10.6 Å². The lowest BCUT2D eigenvalue weighted by atomic mass is 9.99. The molecule has 1 fully saturated rings. The van der Waals surface area contributed by atoms with Gasteiger partial charge in [0, 0.05) is 18.4 Å². The zero-order valence-electron chi connectivity index (χ0n) is 9.95. The number of hydrogen-bond donors (Lipinski definition) is 2. The molecule has 1 aliphatic rings. The summed E-state index contributed by atoms with van der Waals surface area (Å²) in [5, 5.41) is 7.05. The average Bonchev–Trinajstić information content (AvgIpc) is 2.38. The Hall–Kier alpha value is -0.930. The molecule has 3 nitrogen and oxygen atoms in total. The molecule has 1 aliphatic heterocycles. The molecule has 88 valence electrons. The van der Waals surface area contributed by atoms with Crippen LogP contribution in [0.2, 0.25) is 0 Å². The molecule has 16 heavy (non-hydrogen) atoms. The molecule has 3 heteroatoms. The van der Waals surface area contributed by atoms with E-state index in [1.54, 1.807) is 0 Å². The lowest BCUT2D eigenvalue weighted by Gasteiger charge is -2.25. The van der Waals surface area contributed by atoms with E-state index in [4.69, 9.17) is 0 Å². The first-order chi connectivity index (χ1) is 7.86. The number of piperidine rings is 1. The summed E-state index contributed by atoms with van der Waals surface area (Å²) in [6.45, 7) is 5.68. The fraction of sp³-hybridized carbons (Fsp3) is 0.615. The molecular weight excluding hydrogens is 198 g/mol. The highest BCUT2D eigenvalue weighted by Crippen LogP contribution is 2.13. The predicted molar refractivity (Wildman–Crippen MR) is 66.2 cm³/mol. The Kier molecular flexibility index (Phi) is 4.31. The second kappa shape index (κ2) is 5.97. The lowest BCUT2D eigenvalue weighted by Crippen LogP contribution is -2.36. The van der Waals surface area contributed by atoms with Crippen LogP contribution in [-0.2, 0) is 0 Å². The van der Waals surface area contributed by atoms with Crippen LogP contribution in [0.3, 0.4) is 0 Å². The molecule has 0 aromatic carbocycles. The van der Waals surface area contributed by atoms with E-state index in [0.29, 0.717) is 6.04 Å². The van der Waals surface area contributed by atoms with Crippen molar-refractivity contribution in [2.45, 2.75) is 25.8 Å². The third kappa shape index (κ3) is 3.29.